The predicted molar refractivity (Wildman–Crippen MR) is 113 cm³/mol. The molecule has 0 spiro atoms. The van der Waals surface area contributed by atoms with Crippen LogP contribution in [-0.2, 0) is 10.8 Å². The maximum atomic E-state index is 2.39. The van der Waals surface area contributed by atoms with Gasteiger partial charge in [0.2, 0.25) is 0 Å². The molecule has 0 saturated carbocycles. The van der Waals surface area contributed by atoms with Crippen molar-refractivity contribution in [3.05, 3.63) is 34.9 Å². The molecule has 1 unspecified atom stereocenters. The number of hydrogen-bond acceptors (Lipinski definition) is 1. The van der Waals surface area contributed by atoms with Crippen LogP contribution in [0.2, 0.25) is 0 Å². The summed E-state index contributed by atoms with van der Waals surface area (Å²) < 4.78 is 0.234. The minimum atomic E-state index is 0.151. The summed E-state index contributed by atoms with van der Waals surface area (Å²) in [6.45, 7) is 28.3. The minimum Gasteiger partial charge on any atom is -0.147 e. The minimum absolute atomic E-state index is 0.151. The van der Waals surface area contributed by atoms with E-state index in [2.05, 4.69) is 113 Å². The van der Waals surface area contributed by atoms with Gasteiger partial charge in [-0.2, -0.15) is 0 Å². The van der Waals surface area contributed by atoms with Gasteiger partial charge in [-0.15, -0.1) is 11.8 Å². The summed E-state index contributed by atoms with van der Waals surface area (Å²) in [4.78, 5) is 0. The Hall–Kier alpha value is -0.430. The maximum absolute atomic E-state index is 2.39. The Morgan fingerprint density at radius 3 is 1.29 bits per heavy atom. The van der Waals surface area contributed by atoms with Crippen molar-refractivity contribution in [1.29, 1.82) is 0 Å². The third kappa shape index (κ3) is 5.55. The zero-order chi connectivity index (χ0) is 19.1. The summed E-state index contributed by atoms with van der Waals surface area (Å²) >= 11 is 2.12. The molecule has 1 atom stereocenters. The summed E-state index contributed by atoms with van der Waals surface area (Å²) in [5, 5.41) is 0.474. The van der Waals surface area contributed by atoms with E-state index in [-0.39, 0.29) is 21.0 Å². The summed E-state index contributed by atoms with van der Waals surface area (Å²) in [6.07, 6.45) is 0. The molecule has 0 amide bonds. The SMILES string of the molecule is CC(C)(C)SC(c1c(C(C)(C)C)cccc1C(C)(C)C)C(C)(C)C. The molecule has 24 heavy (non-hydrogen) atoms. The summed E-state index contributed by atoms with van der Waals surface area (Å²) in [5.41, 5.74) is 5.10. The number of benzene rings is 1. The van der Waals surface area contributed by atoms with Crippen molar-refractivity contribution in [2.24, 2.45) is 5.41 Å². The maximum Gasteiger partial charge on any atom is 0.0356 e. The standard InChI is InChI=1S/C23H40S/c1-20(2,3)16-14-13-15-17(21(4,5)6)18(16)19(22(7,8)9)24-23(10,11)12/h13-15,19H,1-12H3. The lowest BCUT2D eigenvalue weighted by molar-refractivity contribution is 0.388. The molecule has 0 fully saturated rings. The molecule has 0 aromatic heterocycles. The van der Waals surface area contributed by atoms with Crippen molar-refractivity contribution in [2.45, 2.75) is 104 Å². The van der Waals surface area contributed by atoms with E-state index in [0.717, 1.165) is 0 Å². The molecule has 0 N–H and O–H groups in total. The van der Waals surface area contributed by atoms with Crippen LogP contribution < -0.4 is 0 Å². The lowest BCUT2D eigenvalue weighted by Crippen LogP contribution is -2.29. The van der Waals surface area contributed by atoms with Crippen LogP contribution in [0.3, 0.4) is 0 Å². The molecular weight excluding hydrogens is 308 g/mol. The van der Waals surface area contributed by atoms with Crippen LogP contribution in [0.4, 0.5) is 0 Å². The molecule has 0 aliphatic heterocycles. The van der Waals surface area contributed by atoms with E-state index < -0.39 is 0 Å². The summed E-state index contributed by atoms with van der Waals surface area (Å²) in [6, 6.07) is 6.96. The predicted octanol–water partition coefficient (Wildman–Crippen LogP) is 7.90. The fourth-order valence-corrected chi connectivity index (χ4v) is 4.61. The Balaban J connectivity index is 3.79. The highest BCUT2D eigenvalue weighted by Crippen LogP contribution is 2.53. The molecule has 0 aliphatic carbocycles. The van der Waals surface area contributed by atoms with Crippen molar-refractivity contribution in [2.75, 3.05) is 0 Å². The van der Waals surface area contributed by atoms with Gasteiger partial charge in [-0.1, -0.05) is 101 Å². The van der Waals surface area contributed by atoms with Gasteiger partial charge in [-0.25, -0.2) is 0 Å². The molecule has 0 bridgehead atoms. The fourth-order valence-electron chi connectivity index (χ4n) is 3.18. The third-order valence-electron chi connectivity index (χ3n) is 4.24. The van der Waals surface area contributed by atoms with Gasteiger partial charge in [0, 0.05) is 10.00 Å². The first-order valence-electron chi connectivity index (χ1n) is 9.26. The van der Waals surface area contributed by atoms with Gasteiger partial charge in [0.1, 0.15) is 0 Å². The highest BCUT2D eigenvalue weighted by molar-refractivity contribution is 8.00. The molecule has 0 aliphatic rings. The quantitative estimate of drug-likeness (QED) is 0.523. The second kappa shape index (κ2) is 6.71. The summed E-state index contributed by atoms with van der Waals surface area (Å²) in [5.74, 6) is 0. The lowest BCUT2D eigenvalue weighted by atomic mass is 9.72. The monoisotopic (exact) mass is 348 g/mol. The molecule has 0 nitrogen and oxygen atoms in total. The zero-order valence-electron chi connectivity index (χ0n) is 18.2. The first kappa shape index (κ1) is 21.6. The Morgan fingerprint density at radius 1 is 0.667 bits per heavy atom. The normalized spacial score (nSPS) is 15.5. The van der Waals surface area contributed by atoms with E-state index >= 15 is 0 Å². The molecule has 0 heterocycles. The van der Waals surface area contributed by atoms with Gasteiger partial charge >= 0.3 is 0 Å². The van der Waals surface area contributed by atoms with E-state index in [1.807, 2.05) is 0 Å². The Morgan fingerprint density at radius 2 is 1.04 bits per heavy atom. The highest BCUT2D eigenvalue weighted by Gasteiger charge is 2.37. The molecule has 0 radical (unpaired) electrons. The van der Waals surface area contributed by atoms with Crippen LogP contribution in [0.25, 0.3) is 0 Å². The average molecular weight is 349 g/mol. The largest absolute Gasteiger partial charge is 0.147 e. The Kier molecular flexibility index (Phi) is 6.04. The van der Waals surface area contributed by atoms with Crippen molar-refractivity contribution < 1.29 is 0 Å². The van der Waals surface area contributed by atoms with Crippen molar-refractivity contribution >= 4 is 11.8 Å². The topological polar surface area (TPSA) is 0 Å². The van der Waals surface area contributed by atoms with Crippen LogP contribution in [0, 0.1) is 5.41 Å². The van der Waals surface area contributed by atoms with E-state index in [4.69, 9.17) is 0 Å². The summed E-state index contributed by atoms with van der Waals surface area (Å²) in [7, 11) is 0. The molecular formula is C23H40S. The van der Waals surface area contributed by atoms with Gasteiger partial charge < -0.3 is 0 Å². The van der Waals surface area contributed by atoms with E-state index in [9.17, 15) is 0 Å². The van der Waals surface area contributed by atoms with Crippen LogP contribution in [0.5, 0.6) is 0 Å². The van der Waals surface area contributed by atoms with Crippen LogP contribution in [-0.4, -0.2) is 4.75 Å². The highest BCUT2D eigenvalue weighted by atomic mass is 32.2. The molecule has 0 saturated heterocycles. The van der Waals surface area contributed by atoms with Crippen LogP contribution >= 0.6 is 11.8 Å². The second-order valence-electron chi connectivity index (χ2n) is 11.2. The first-order chi connectivity index (χ1) is 10.4. The van der Waals surface area contributed by atoms with Gasteiger partial charge in [0.25, 0.3) is 0 Å². The molecule has 1 heteroatoms. The molecule has 1 rings (SSSR count). The smallest absolute Gasteiger partial charge is 0.0356 e. The number of hydrogen-bond donors (Lipinski definition) is 0. The first-order valence-corrected chi connectivity index (χ1v) is 10.1. The van der Waals surface area contributed by atoms with Crippen molar-refractivity contribution in [1.82, 2.24) is 0 Å². The van der Waals surface area contributed by atoms with Crippen LogP contribution in [0.15, 0.2) is 18.2 Å². The zero-order valence-corrected chi connectivity index (χ0v) is 19.0. The average Bonchev–Trinajstić information content (AvgIpc) is 2.30. The number of rotatable bonds is 2. The van der Waals surface area contributed by atoms with Gasteiger partial charge in [-0.3, -0.25) is 0 Å². The Labute approximate surface area is 156 Å². The van der Waals surface area contributed by atoms with E-state index in [0.29, 0.717) is 5.25 Å². The number of thioether (sulfide) groups is 1. The lowest BCUT2D eigenvalue weighted by Gasteiger charge is -2.41. The fraction of sp³-hybridized carbons (Fsp3) is 0.739. The van der Waals surface area contributed by atoms with Crippen molar-refractivity contribution in [3.8, 4) is 0 Å². The van der Waals surface area contributed by atoms with E-state index in [1.54, 1.807) is 5.56 Å². The van der Waals surface area contributed by atoms with Gasteiger partial charge in [-0.05, 0) is 32.9 Å². The molecule has 1 aromatic rings. The van der Waals surface area contributed by atoms with Gasteiger partial charge in [0.05, 0.1) is 0 Å². The molecule has 1 aromatic carbocycles. The van der Waals surface area contributed by atoms with Gasteiger partial charge in [0.15, 0.2) is 0 Å². The Bertz CT molecular complexity index is 521. The molecule has 138 valence electrons. The van der Waals surface area contributed by atoms with Crippen molar-refractivity contribution in [3.63, 3.8) is 0 Å². The second-order valence-corrected chi connectivity index (χ2v) is 13.2. The van der Waals surface area contributed by atoms with E-state index in [1.165, 1.54) is 11.1 Å². The third-order valence-corrected chi connectivity index (χ3v) is 6.13. The van der Waals surface area contributed by atoms with Crippen LogP contribution in [0.1, 0.15) is 105 Å².